The Morgan fingerprint density at radius 3 is 2.57 bits per heavy atom. The van der Waals surface area contributed by atoms with Crippen LogP contribution in [-0.4, -0.2) is 24.0 Å². The number of aliphatic hydroxyl groups is 1. The Balaban J connectivity index is 2.06. The van der Waals surface area contributed by atoms with Crippen molar-refractivity contribution < 1.29 is 32.5 Å². The van der Waals surface area contributed by atoms with Gasteiger partial charge >= 0.3 is 6.36 Å². The number of halogens is 3. The number of fused-ring (bicyclic) bond motifs is 1. The lowest BCUT2D eigenvalue weighted by Gasteiger charge is -2.21. The van der Waals surface area contributed by atoms with E-state index in [9.17, 15) is 23.1 Å². The van der Waals surface area contributed by atoms with Crippen molar-refractivity contribution in [2.75, 3.05) is 6.61 Å². The van der Waals surface area contributed by atoms with Gasteiger partial charge in [0.25, 0.3) is 0 Å². The number of carbonyl (C=O) groups excluding carboxylic acids is 1. The summed E-state index contributed by atoms with van der Waals surface area (Å²) in [4.78, 5) is 11.5. The Morgan fingerprint density at radius 1 is 1.32 bits per heavy atom. The van der Waals surface area contributed by atoms with Crippen LogP contribution in [0.2, 0.25) is 0 Å². The minimum Gasteiger partial charge on any atom is -0.492 e. The molecule has 8 heteroatoms. The van der Waals surface area contributed by atoms with Crippen LogP contribution in [0.3, 0.4) is 0 Å². The van der Waals surface area contributed by atoms with Gasteiger partial charge in [0, 0.05) is 24.5 Å². The molecule has 5 nitrogen and oxygen atoms in total. The number of alkyl halides is 3. The summed E-state index contributed by atoms with van der Waals surface area (Å²) in [6.45, 7) is 3.46. The summed E-state index contributed by atoms with van der Waals surface area (Å²) in [5.41, 5.74) is 3.63. The number of ether oxygens (including phenoxy) is 2. The smallest absolute Gasteiger partial charge is 0.492 e. The van der Waals surface area contributed by atoms with Gasteiger partial charge in [0.15, 0.2) is 0 Å². The SMILES string of the molecule is CC(=O)N[C@H](C)c1cc(-c2ccc(OC(F)(F)F)cc2)c2c(c1CO)CCO2. The Kier molecular flexibility index (Phi) is 5.51. The van der Waals surface area contributed by atoms with Crippen molar-refractivity contribution >= 4 is 5.91 Å². The van der Waals surface area contributed by atoms with Crippen molar-refractivity contribution in [3.05, 3.63) is 47.0 Å². The van der Waals surface area contributed by atoms with Crippen molar-refractivity contribution in [1.82, 2.24) is 5.32 Å². The Hall–Kier alpha value is -2.74. The molecule has 0 unspecified atom stereocenters. The van der Waals surface area contributed by atoms with Gasteiger partial charge in [-0.2, -0.15) is 0 Å². The zero-order valence-electron chi connectivity index (χ0n) is 15.4. The number of hydrogen-bond donors (Lipinski definition) is 2. The van der Waals surface area contributed by atoms with E-state index in [2.05, 4.69) is 10.1 Å². The fourth-order valence-electron chi connectivity index (χ4n) is 3.47. The Morgan fingerprint density at radius 2 is 2.00 bits per heavy atom. The molecule has 1 amide bonds. The van der Waals surface area contributed by atoms with Crippen molar-refractivity contribution in [3.63, 3.8) is 0 Å². The molecule has 0 aromatic heterocycles. The number of benzene rings is 2. The minimum atomic E-state index is -4.75. The van der Waals surface area contributed by atoms with E-state index in [0.717, 1.165) is 11.1 Å². The maximum absolute atomic E-state index is 12.4. The molecule has 0 fully saturated rings. The first-order chi connectivity index (χ1) is 13.2. The number of nitrogens with one attached hydrogen (secondary N) is 1. The van der Waals surface area contributed by atoms with Crippen LogP contribution in [0.4, 0.5) is 13.2 Å². The third-order valence-electron chi connectivity index (χ3n) is 4.57. The summed E-state index contributed by atoms with van der Waals surface area (Å²) in [7, 11) is 0. The summed E-state index contributed by atoms with van der Waals surface area (Å²) in [5.74, 6) is 0.0864. The van der Waals surface area contributed by atoms with E-state index in [1.54, 1.807) is 6.07 Å². The molecule has 28 heavy (non-hydrogen) atoms. The normalized spacial score (nSPS) is 14.2. The molecule has 1 atom stereocenters. The average Bonchev–Trinajstić information content (AvgIpc) is 3.08. The number of carbonyl (C=O) groups is 1. The molecule has 0 saturated carbocycles. The molecule has 0 bridgehead atoms. The lowest BCUT2D eigenvalue weighted by atomic mass is 9.90. The highest BCUT2D eigenvalue weighted by atomic mass is 19.4. The number of aliphatic hydroxyl groups excluding tert-OH is 1. The maximum Gasteiger partial charge on any atom is 0.573 e. The second kappa shape index (κ2) is 7.71. The number of hydrogen-bond acceptors (Lipinski definition) is 4. The first-order valence-corrected chi connectivity index (χ1v) is 8.75. The highest BCUT2D eigenvalue weighted by Gasteiger charge is 2.31. The molecular weight excluding hydrogens is 375 g/mol. The predicted octanol–water partition coefficient (Wildman–Crippen LogP) is 3.88. The third-order valence-corrected chi connectivity index (χ3v) is 4.57. The molecule has 1 aliphatic rings. The fraction of sp³-hybridized carbons (Fsp3) is 0.350. The van der Waals surface area contributed by atoms with Crippen LogP contribution < -0.4 is 14.8 Å². The van der Waals surface area contributed by atoms with Gasteiger partial charge in [-0.1, -0.05) is 12.1 Å². The molecule has 3 rings (SSSR count). The van der Waals surface area contributed by atoms with E-state index in [-0.39, 0.29) is 24.3 Å². The van der Waals surface area contributed by atoms with Crippen LogP contribution >= 0.6 is 0 Å². The molecule has 1 heterocycles. The van der Waals surface area contributed by atoms with Gasteiger partial charge in [-0.05, 0) is 41.8 Å². The lowest BCUT2D eigenvalue weighted by Crippen LogP contribution is -2.25. The van der Waals surface area contributed by atoms with Gasteiger partial charge < -0.3 is 19.9 Å². The second-order valence-corrected chi connectivity index (χ2v) is 6.55. The van der Waals surface area contributed by atoms with E-state index in [4.69, 9.17) is 4.74 Å². The molecule has 1 aliphatic heterocycles. The van der Waals surface area contributed by atoms with Gasteiger partial charge in [-0.3, -0.25) is 4.79 Å². The van der Waals surface area contributed by atoms with Gasteiger partial charge in [-0.15, -0.1) is 13.2 Å². The van der Waals surface area contributed by atoms with E-state index in [1.165, 1.54) is 31.2 Å². The Labute approximate surface area is 160 Å². The van der Waals surface area contributed by atoms with Crippen molar-refractivity contribution in [2.45, 2.75) is 39.3 Å². The van der Waals surface area contributed by atoms with Crippen LogP contribution in [0, 0.1) is 0 Å². The summed E-state index contributed by atoms with van der Waals surface area (Å²) < 4.78 is 46.8. The van der Waals surface area contributed by atoms with Crippen LogP contribution in [0.5, 0.6) is 11.5 Å². The zero-order chi connectivity index (χ0) is 20.5. The molecule has 2 N–H and O–H groups in total. The molecule has 2 aromatic rings. The molecule has 150 valence electrons. The third kappa shape index (κ3) is 4.22. The number of rotatable bonds is 5. The van der Waals surface area contributed by atoms with Crippen molar-refractivity contribution in [3.8, 4) is 22.6 Å². The summed E-state index contributed by atoms with van der Waals surface area (Å²) in [6.07, 6.45) is -4.15. The van der Waals surface area contributed by atoms with E-state index >= 15 is 0 Å². The first-order valence-electron chi connectivity index (χ1n) is 8.75. The molecule has 0 aliphatic carbocycles. The van der Waals surface area contributed by atoms with Crippen molar-refractivity contribution in [1.29, 1.82) is 0 Å². The molecule has 0 saturated heterocycles. The fourth-order valence-corrected chi connectivity index (χ4v) is 3.47. The molecule has 2 aromatic carbocycles. The lowest BCUT2D eigenvalue weighted by molar-refractivity contribution is -0.274. The maximum atomic E-state index is 12.4. The molecular formula is C20H20F3NO4. The van der Waals surface area contributed by atoms with Crippen LogP contribution in [0.1, 0.15) is 36.6 Å². The summed E-state index contributed by atoms with van der Waals surface area (Å²) in [5, 5.41) is 12.7. The van der Waals surface area contributed by atoms with Gasteiger partial charge in [0.1, 0.15) is 11.5 Å². The van der Waals surface area contributed by atoms with Gasteiger partial charge in [0.2, 0.25) is 5.91 Å². The minimum absolute atomic E-state index is 0.205. The largest absolute Gasteiger partial charge is 0.573 e. The van der Waals surface area contributed by atoms with E-state index in [0.29, 0.717) is 35.5 Å². The molecule has 0 spiro atoms. The Bertz CT molecular complexity index is 879. The van der Waals surface area contributed by atoms with Crippen molar-refractivity contribution in [2.24, 2.45) is 0 Å². The quantitative estimate of drug-likeness (QED) is 0.807. The van der Waals surface area contributed by atoms with Crippen LogP contribution in [0.15, 0.2) is 30.3 Å². The summed E-state index contributed by atoms with van der Waals surface area (Å²) in [6, 6.07) is 6.96. The highest BCUT2D eigenvalue weighted by Crippen LogP contribution is 2.42. The zero-order valence-corrected chi connectivity index (χ0v) is 15.4. The highest BCUT2D eigenvalue weighted by molar-refractivity contribution is 5.77. The van der Waals surface area contributed by atoms with E-state index in [1.807, 2.05) is 6.92 Å². The monoisotopic (exact) mass is 395 g/mol. The van der Waals surface area contributed by atoms with Crippen LogP contribution in [0.25, 0.3) is 11.1 Å². The first kappa shape index (κ1) is 20.0. The summed E-state index contributed by atoms with van der Waals surface area (Å²) >= 11 is 0. The van der Waals surface area contributed by atoms with E-state index < -0.39 is 6.36 Å². The van der Waals surface area contributed by atoms with Crippen LogP contribution in [-0.2, 0) is 17.8 Å². The average molecular weight is 395 g/mol. The van der Waals surface area contributed by atoms with Gasteiger partial charge in [0.05, 0.1) is 19.3 Å². The number of amides is 1. The predicted molar refractivity (Wildman–Crippen MR) is 95.9 cm³/mol. The molecule has 0 radical (unpaired) electrons. The standard InChI is InChI=1S/C20H20F3NO4/c1-11(24-12(2)26)16-9-17(19-15(7-8-27-19)18(16)10-25)13-3-5-14(6-4-13)28-20(21,22)23/h3-6,9,11,25H,7-8,10H2,1-2H3,(H,24,26)/t11-/m1/s1. The topological polar surface area (TPSA) is 67.8 Å². The van der Waals surface area contributed by atoms with Gasteiger partial charge in [-0.25, -0.2) is 0 Å². The second-order valence-electron chi connectivity index (χ2n) is 6.55.